The molecule has 1 aromatic rings. The van der Waals surface area contributed by atoms with E-state index < -0.39 is 12.0 Å². The molecule has 88 valence electrons. The first-order chi connectivity index (χ1) is 7.65. The van der Waals surface area contributed by atoms with E-state index in [0.717, 1.165) is 6.42 Å². The molecular weight excluding hydrogens is 209 g/mol. The summed E-state index contributed by atoms with van der Waals surface area (Å²) in [6.45, 7) is 1.87. The van der Waals surface area contributed by atoms with Gasteiger partial charge in [0, 0.05) is 5.56 Å². The van der Waals surface area contributed by atoms with Gasteiger partial charge in [0.1, 0.15) is 18.5 Å². The van der Waals surface area contributed by atoms with Crippen molar-refractivity contribution < 1.29 is 13.9 Å². The van der Waals surface area contributed by atoms with Crippen LogP contribution in [0.1, 0.15) is 25.3 Å². The second-order valence-corrected chi connectivity index (χ2v) is 3.59. The number of esters is 1. The number of carbonyl (C=O) groups is 1. The summed E-state index contributed by atoms with van der Waals surface area (Å²) in [5, 5.41) is 0. The molecule has 0 unspecified atom stereocenters. The van der Waals surface area contributed by atoms with Gasteiger partial charge in [-0.15, -0.1) is 0 Å². The molecule has 2 N–H and O–H groups in total. The minimum atomic E-state index is -0.614. The Morgan fingerprint density at radius 1 is 1.50 bits per heavy atom. The van der Waals surface area contributed by atoms with Gasteiger partial charge in [0.25, 0.3) is 0 Å². The molecule has 1 rings (SSSR count). The number of carbonyl (C=O) groups excluding carboxylic acids is 1. The van der Waals surface area contributed by atoms with Crippen LogP contribution < -0.4 is 5.73 Å². The summed E-state index contributed by atoms with van der Waals surface area (Å²) in [4.78, 5) is 11.3. The fourth-order valence-electron chi connectivity index (χ4n) is 1.30. The Morgan fingerprint density at radius 2 is 2.19 bits per heavy atom. The Bertz CT molecular complexity index is 355. The smallest absolute Gasteiger partial charge is 0.323 e. The lowest BCUT2D eigenvalue weighted by molar-refractivity contribution is -0.146. The van der Waals surface area contributed by atoms with Gasteiger partial charge in [-0.05, 0) is 12.5 Å². The van der Waals surface area contributed by atoms with Gasteiger partial charge in [0.15, 0.2) is 0 Å². The van der Waals surface area contributed by atoms with Crippen LogP contribution in [0.3, 0.4) is 0 Å². The van der Waals surface area contributed by atoms with Crippen molar-refractivity contribution in [2.24, 2.45) is 5.73 Å². The predicted molar refractivity (Wildman–Crippen MR) is 59.1 cm³/mol. The summed E-state index contributed by atoms with van der Waals surface area (Å²) in [5.74, 6) is -0.857. The summed E-state index contributed by atoms with van der Waals surface area (Å²) in [7, 11) is 0. The number of halogens is 1. The number of hydrogen-bond donors (Lipinski definition) is 1. The summed E-state index contributed by atoms with van der Waals surface area (Å²) in [5.41, 5.74) is 5.92. The summed E-state index contributed by atoms with van der Waals surface area (Å²) in [6.07, 6.45) is 1.39. The van der Waals surface area contributed by atoms with E-state index in [0.29, 0.717) is 12.0 Å². The minimum Gasteiger partial charge on any atom is -0.460 e. The van der Waals surface area contributed by atoms with Crippen molar-refractivity contribution >= 4 is 5.97 Å². The first-order valence-electron chi connectivity index (χ1n) is 5.30. The van der Waals surface area contributed by atoms with Gasteiger partial charge in [-0.1, -0.05) is 31.5 Å². The number of hydrogen-bond acceptors (Lipinski definition) is 3. The molecule has 1 aromatic carbocycles. The monoisotopic (exact) mass is 225 g/mol. The van der Waals surface area contributed by atoms with Crippen LogP contribution >= 0.6 is 0 Å². The van der Waals surface area contributed by atoms with Crippen molar-refractivity contribution in [3.63, 3.8) is 0 Å². The first kappa shape index (κ1) is 12.6. The van der Waals surface area contributed by atoms with Gasteiger partial charge in [-0.25, -0.2) is 4.39 Å². The van der Waals surface area contributed by atoms with E-state index in [1.54, 1.807) is 18.2 Å². The topological polar surface area (TPSA) is 52.3 Å². The average molecular weight is 225 g/mol. The lowest BCUT2D eigenvalue weighted by atomic mass is 10.2. The van der Waals surface area contributed by atoms with Crippen LogP contribution in [0.15, 0.2) is 24.3 Å². The van der Waals surface area contributed by atoms with E-state index in [4.69, 9.17) is 10.5 Å². The number of ether oxygens (including phenoxy) is 1. The van der Waals surface area contributed by atoms with E-state index in [9.17, 15) is 9.18 Å². The molecule has 0 aliphatic heterocycles. The van der Waals surface area contributed by atoms with E-state index in [-0.39, 0.29) is 12.4 Å². The summed E-state index contributed by atoms with van der Waals surface area (Å²) >= 11 is 0. The van der Waals surface area contributed by atoms with E-state index in [1.807, 2.05) is 6.92 Å². The van der Waals surface area contributed by atoms with Crippen LogP contribution in [-0.4, -0.2) is 12.0 Å². The average Bonchev–Trinajstić information content (AvgIpc) is 2.28. The molecule has 0 heterocycles. The highest BCUT2D eigenvalue weighted by Gasteiger charge is 2.14. The summed E-state index contributed by atoms with van der Waals surface area (Å²) < 4.78 is 18.1. The molecule has 0 aliphatic rings. The van der Waals surface area contributed by atoms with Gasteiger partial charge in [-0.2, -0.15) is 0 Å². The third-order valence-corrected chi connectivity index (χ3v) is 2.23. The number of rotatable bonds is 5. The Balaban J connectivity index is 2.46. The number of benzene rings is 1. The quantitative estimate of drug-likeness (QED) is 0.780. The Morgan fingerprint density at radius 3 is 2.81 bits per heavy atom. The molecular formula is C12H16FNO2. The zero-order valence-corrected chi connectivity index (χ0v) is 9.28. The van der Waals surface area contributed by atoms with Crippen molar-refractivity contribution in [3.8, 4) is 0 Å². The molecule has 0 spiro atoms. The molecule has 0 saturated carbocycles. The van der Waals surface area contributed by atoms with Crippen LogP contribution in [0.2, 0.25) is 0 Å². The molecule has 0 saturated heterocycles. The standard InChI is InChI=1S/C12H16FNO2/c1-2-5-11(14)12(15)16-8-9-6-3-4-7-10(9)13/h3-4,6-7,11H,2,5,8,14H2,1H3/t11-/m1/s1. The summed E-state index contributed by atoms with van der Waals surface area (Å²) in [6, 6.07) is 5.57. The Labute approximate surface area is 94.4 Å². The van der Waals surface area contributed by atoms with Crippen LogP contribution in [0.4, 0.5) is 4.39 Å². The fraction of sp³-hybridized carbons (Fsp3) is 0.417. The molecule has 0 aliphatic carbocycles. The molecule has 0 radical (unpaired) electrons. The van der Waals surface area contributed by atoms with Gasteiger partial charge in [-0.3, -0.25) is 4.79 Å². The predicted octanol–water partition coefficient (Wildman–Crippen LogP) is 2.00. The van der Waals surface area contributed by atoms with E-state index in [2.05, 4.69) is 0 Å². The van der Waals surface area contributed by atoms with E-state index in [1.165, 1.54) is 6.07 Å². The zero-order valence-electron chi connectivity index (χ0n) is 9.28. The van der Waals surface area contributed by atoms with Crippen LogP contribution in [-0.2, 0) is 16.1 Å². The highest BCUT2D eigenvalue weighted by Crippen LogP contribution is 2.08. The van der Waals surface area contributed by atoms with Crippen molar-refractivity contribution in [1.29, 1.82) is 0 Å². The molecule has 0 fully saturated rings. The Hall–Kier alpha value is -1.42. The Kier molecular flexibility index (Phi) is 4.92. The maximum absolute atomic E-state index is 13.2. The van der Waals surface area contributed by atoms with Crippen molar-refractivity contribution in [2.45, 2.75) is 32.4 Å². The molecule has 16 heavy (non-hydrogen) atoms. The zero-order chi connectivity index (χ0) is 12.0. The number of nitrogens with two attached hydrogens (primary N) is 1. The van der Waals surface area contributed by atoms with Gasteiger partial charge in [0.2, 0.25) is 0 Å². The SMILES string of the molecule is CCC[C@@H](N)C(=O)OCc1ccccc1F. The second kappa shape index (κ2) is 6.23. The third-order valence-electron chi connectivity index (χ3n) is 2.23. The molecule has 4 heteroatoms. The normalized spacial score (nSPS) is 12.2. The van der Waals surface area contributed by atoms with Crippen molar-refractivity contribution in [3.05, 3.63) is 35.6 Å². The van der Waals surface area contributed by atoms with Crippen molar-refractivity contribution in [2.75, 3.05) is 0 Å². The highest BCUT2D eigenvalue weighted by atomic mass is 19.1. The molecule has 0 aromatic heterocycles. The van der Waals surface area contributed by atoms with Gasteiger partial charge < -0.3 is 10.5 Å². The van der Waals surface area contributed by atoms with E-state index >= 15 is 0 Å². The molecule has 0 amide bonds. The van der Waals surface area contributed by atoms with Gasteiger partial charge >= 0.3 is 5.97 Å². The van der Waals surface area contributed by atoms with Crippen LogP contribution in [0, 0.1) is 5.82 Å². The van der Waals surface area contributed by atoms with Crippen LogP contribution in [0.25, 0.3) is 0 Å². The van der Waals surface area contributed by atoms with Gasteiger partial charge in [0.05, 0.1) is 0 Å². The fourth-order valence-corrected chi connectivity index (χ4v) is 1.30. The largest absolute Gasteiger partial charge is 0.460 e. The second-order valence-electron chi connectivity index (χ2n) is 3.59. The minimum absolute atomic E-state index is 0.0665. The van der Waals surface area contributed by atoms with Crippen molar-refractivity contribution in [1.82, 2.24) is 0 Å². The highest BCUT2D eigenvalue weighted by molar-refractivity contribution is 5.75. The van der Waals surface area contributed by atoms with Crippen LogP contribution in [0.5, 0.6) is 0 Å². The maximum atomic E-state index is 13.2. The lowest BCUT2D eigenvalue weighted by Gasteiger charge is -2.10. The first-order valence-corrected chi connectivity index (χ1v) is 5.30. The molecule has 0 bridgehead atoms. The molecule has 1 atom stereocenters. The lowest BCUT2D eigenvalue weighted by Crippen LogP contribution is -2.31. The maximum Gasteiger partial charge on any atom is 0.323 e. The molecule has 3 nitrogen and oxygen atoms in total. The third kappa shape index (κ3) is 3.62.